The Balaban J connectivity index is 1.16. The molecule has 9 heteroatoms. The van der Waals surface area contributed by atoms with E-state index in [0.29, 0.717) is 36.6 Å². The number of anilines is 1. The van der Waals surface area contributed by atoms with Gasteiger partial charge in [0, 0.05) is 18.5 Å². The van der Waals surface area contributed by atoms with Crippen LogP contribution in [0.2, 0.25) is 0 Å². The lowest BCUT2D eigenvalue weighted by atomic mass is 9.49. The molecule has 4 fully saturated rings. The summed E-state index contributed by atoms with van der Waals surface area (Å²) in [6.45, 7) is 0.469. The molecule has 1 N–H and O–H groups in total. The summed E-state index contributed by atoms with van der Waals surface area (Å²) >= 11 is 0. The molecule has 4 bridgehead atoms. The number of amides is 1. The quantitative estimate of drug-likeness (QED) is 0.653. The van der Waals surface area contributed by atoms with Crippen molar-refractivity contribution in [2.75, 3.05) is 19.0 Å². The second-order valence-electron chi connectivity index (χ2n) is 11.1. The summed E-state index contributed by atoms with van der Waals surface area (Å²) in [5.41, 5.74) is 1.65. The van der Waals surface area contributed by atoms with Gasteiger partial charge in [-0.1, -0.05) is 0 Å². The van der Waals surface area contributed by atoms with Crippen LogP contribution in [-0.2, 0) is 27.8 Å². The smallest absolute Gasteiger partial charge is 0.243 e. The van der Waals surface area contributed by atoms with E-state index in [0.717, 1.165) is 23.3 Å². The molecule has 0 spiro atoms. The number of carbonyl (C=O) groups excluding carboxylic acids is 1. The summed E-state index contributed by atoms with van der Waals surface area (Å²) in [6.07, 6.45) is 10.1. The van der Waals surface area contributed by atoms with E-state index in [1.807, 2.05) is 0 Å². The Morgan fingerprint density at radius 3 is 2.37 bits per heavy atom. The van der Waals surface area contributed by atoms with Crippen LogP contribution in [0.4, 0.5) is 5.82 Å². The van der Waals surface area contributed by atoms with E-state index in [2.05, 4.69) is 15.3 Å². The Kier molecular flexibility index (Phi) is 5.60. The Labute approximate surface area is 206 Å². The number of fused-ring (bicyclic) bond motifs is 1. The second-order valence-corrected chi connectivity index (χ2v) is 13.0. The third kappa shape index (κ3) is 4.22. The minimum Gasteiger partial charge on any atom is -0.497 e. The topological polar surface area (TPSA) is 101 Å². The fourth-order valence-electron chi connectivity index (χ4n) is 7.56. The van der Waals surface area contributed by atoms with Crippen LogP contribution >= 0.6 is 0 Å². The van der Waals surface area contributed by atoms with Crippen LogP contribution in [0.25, 0.3) is 0 Å². The van der Waals surface area contributed by atoms with E-state index in [1.54, 1.807) is 31.4 Å². The zero-order chi connectivity index (χ0) is 24.2. The summed E-state index contributed by atoms with van der Waals surface area (Å²) in [7, 11) is -2.12. The van der Waals surface area contributed by atoms with E-state index in [9.17, 15) is 13.2 Å². The first-order chi connectivity index (χ1) is 16.8. The third-order valence-corrected chi connectivity index (χ3v) is 10.5. The summed E-state index contributed by atoms with van der Waals surface area (Å²) in [6, 6.07) is 6.40. The number of hydrogen-bond donors (Lipinski definition) is 1. The van der Waals surface area contributed by atoms with Crippen molar-refractivity contribution in [1.29, 1.82) is 0 Å². The summed E-state index contributed by atoms with van der Waals surface area (Å²) in [4.78, 5) is 22.1. The van der Waals surface area contributed by atoms with Crippen LogP contribution < -0.4 is 10.1 Å². The number of methoxy groups -OCH3 is 1. The number of carbonyl (C=O) groups is 1. The summed E-state index contributed by atoms with van der Waals surface area (Å²) in [5.74, 6) is 3.58. The van der Waals surface area contributed by atoms with Gasteiger partial charge in [-0.2, -0.15) is 4.31 Å². The predicted molar refractivity (Wildman–Crippen MR) is 130 cm³/mol. The van der Waals surface area contributed by atoms with Gasteiger partial charge in [-0.25, -0.2) is 18.4 Å². The maximum atomic E-state index is 13.2. The molecule has 0 atom stereocenters. The molecule has 1 aromatic carbocycles. The van der Waals surface area contributed by atoms with Crippen LogP contribution in [0.1, 0.15) is 56.2 Å². The number of aromatic nitrogens is 2. The molecule has 0 saturated heterocycles. The van der Waals surface area contributed by atoms with Crippen molar-refractivity contribution in [2.45, 2.75) is 62.8 Å². The second kappa shape index (κ2) is 8.55. The summed E-state index contributed by atoms with van der Waals surface area (Å²) < 4.78 is 32.9. The van der Waals surface area contributed by atoms with Crippen LogP contribution in [0.5, 0.6) is 5.75 Å². The number of rotatable bonds is 6. The average molecular weight is 497 g/mol. The van der Waals surface area contributed by atoms with Crippen LogP contribution in [0, 0.1) is 23.2 Å². The molecule has 186 valence electrons. The van der Waals surface area contributed by atoms with Crippen molar-refractivity contribution < 1.29 is 17.9 Å². The fraction of sp³-hybridized carbons (Fsp3) is 0.577. The van der Waals surface area contributed by atoms with Crippen LogP contribution in [0.3, 0.4) is 0 Å². The Hall–Kier alpha value is -2.52. The number of nitrogens with zero attached hydrogens (tertiary/aromatic N) is 3. The van der Waals surface area contributed by atoms with E-state index in [-0.39, 0.29) is 22.8 Å². The van der Waals surface area contributed by atoms with Gasteiger partial charge < -0.3 is 10.1 Å². The lowest BCUT2D eigenvalue weighted by Crippen LogP contribution is -2.47. The minimum absolute atomic E-state index is 0.0288. The lowest BCUT2D eigenvalue weighted by molar-refractivity contribution is -0.124. The molecule has 4 aliphatic carbocycles. The SMILES string of the molecule is COc1ccc(S(=O)(=O)N2CCc3c(ncnc3NC(=O)CC34CC5CC(CC(C5)C3)C4)C2)cc1. The summed E-state index contributed by atoms with van der Waals surface area (Å²) in [5, 5.41) is 3.07. The molecular formula is C26H32N4O4S. The first-order valence-corrected chi connectivity index (χ1v) is 14.0. The minimum atomic E-state index is -3.67. The molecule has 4 saturated carbocycles. The van der Waals surface area contributed by atoms with Crippen LogP contribution in [-0.4, -0.2) is 42.3 Å². The number of nitrogens with one attached hydrogen (secondary N) is 1. The largest absolute Gasteiger partial charge is 0.497 e. The van der Waals surface area contributed by atoms with Gasteiger partial charge in [0.2, 0.25) is 15.9 Å². The number of hydrogen-bond acceptors (Lipinski definition) is 6. The van der Waals surface area contributed by atoms with Gasteiger partial charge in [0.1, 0.15) is 17.9 Å². The average Bonchev–Trinajstić information content (AvgIpc) is 2.82. The van der Waals surface area contributed by atoms with Crippen LogP contribution in [0.15, 0.2) is 35.5 Å². The van der Waals surface area contributed by atoms with Crippen molar-refractivity contribution in [2.24, 2.45) is 23.2 Å². The van der Waals surface area contributed by atoms with Crippen molar-refractivity contribution in [3.05, 3.63) is 41.9 Å². The first-order valence-electron chi connectivity index (χ1n) is 12.6. The van der Waals surface area contributed by atoms with Gasteiger partial charge >= 0.3 is 0 Å². The van der Waals surface area contributed by atoms with Gasteiger partial charge in [0.25, 0.3) is 0 Å². The van der Waals surface area contributed by atoms with E-state index in [1.165, 1.54) is 49.2 Å². The van der Waals surface area contributed by atoms with Gasteiger partial charge in [0.15, 0.2) is 0 Å². The Morgan fingerprint density at radius 2 is 1.74 bits per heavy atom. The highest BCUT2D eigenvalue weighted by molar-refractivity contribution is 7.89. The molecule has 2 heterocycles. The molecule has 1 amide bonds. The highest BCUT2D eigenvalue weighted by Crippen LogP contribution is 2.61. The molecule has 0 radical (unpaired) electrons. The maximum absolute atomic E-state index is 13.2. The molecular weight excluding hydrogens is 464 g/mol. The zero-order valence-electron chi connectivity index (χ0n) is 20.1. The first kappa shape index (κ1) is 22.9. The van der Waals surface area contributed by atoms with Gasteiger partial charge in [-0.05, 0) is 92.4 Å². The molecule has 1 aliphatic heterocycles. The van der Waals surface area contributed by atoms with Crippen molar-refractivity contribution >= 4 is 21.7 Å². The monoisotopic (exact) mass is 496 g/mol. The normalized spacial score (nSPS) is 29.6. The van der Waals surface area contributed by atoms with E-state index in [4.69, 9.17) is 4.74 Å². The Morgan fingerprint density at radius 1 is 1.09 bits per heavy atom. The fourth-order valence-corrected chi connectivity index (χ4v) is 8.97. The highest BCUT2D eigenvalue weighted by atomic mass is 32.2. The molecule has 0 unspecified atom stereocenters. The Bertz CT molecular complexity index is 1210. The lowest BCUT2D eigenvalue weighted by Gasteiger charge is -2.56. The number of sulfonamides is 1. The van der Waals surface area contributed by atoms with Gasteiger partial charge in [-0.15, -0.1) is 0 Å². The van der Waals surface area contributed by atoms with Crippen molar-refractivity contribution in [3.63, 3.8) is 0 Å². The predicted octanol–water partition coefficient (Wildman–Crippen LogP) is 3.78. The number of ether oxygens (including phenoxy) is 1. The van der Waals surface area contributed by atoms with E-state index < -0.39 is 10.0 Å². The molecule has 1 aromatic heterocycles. The van der Waals surface area contributed by atoms with Gasteiger partial charge in [-0.3, -0.25) is 4.79 Å². The van der Waals surface area contributed by atoms with E-state index >= 15 is 0 Å². The zero-order valence-corrected chi connectivity index (χ0v) is 20.9. The molecule has 8 nitrogen and oxygen atoms in total. The highest BCUT2D eigenvalue weighted by Gasteiger charge is 2.51. The third-order valence-electron chi connectivity index (χ3n) is 8.63. The van der Waals surface area contributed by atoms with Crippen molar-refractivity contribution in [3.8, 4) is 5.75 Å². The maximum Gasteiger partial charge on any atom is 0.243 e. The molecule has 5 aliphatic rings. The molecule has 2 aromatic rings. The molecule has 35 heavy (non-hydrogen) atoms. The van der Waals surface area contributed by atoms with Gasteiger partial charge in [0.05, 0.1) is 24.2 Å². The standard InChI is InChI=1S/C26H32N4O4S/c1-34-20-2-4-21(5-3-20)35(32,33)30-7-6-22-23(15-30)27-16-28-25(22)29-24(31)14-26-11-17-8-18(12-26)10-19(9-17)13-26/h2-5,16-19H,6-15H2,1H3,(H,27,28,29,31). The molecule has 7 rings (SSSR count). The number of benzene rings is 1. The van der Waals surface area contributed by atoms with Crippen molar-refractivity contribution in [1.82, 2.24) is 14.3 Å².